The molecule has 0 fully saturated rings. The van der Waals surface area contributed by atoms with Crippen molar-refractivity contribution in [2.45, 2.75) is 25.7 Å². The third-order valence-electron chi connectivity index (χ3n) is 4.47. The molecule has 0 aliphatic heterocycles. The summed E-state index contributed by atoms with van der Waals surface area (Å²) in [6.07, 6.45) is 0. The van der Waals surface area contributed by atoms with Gasteiger partial charge in [-0.2, -0.15) is 4.31 Å². The molecular weight excluding hydrogens is 394 g/mol. The number of sulfonamides is 1. The first-order chi connectivity index (χ1) is 13.7. The van der Waals surface area contributed by atoms with Crippen molar-refractivity contribution in [3.05, 3.63) is 59.2 Å². The van der Waals surface area contributed by atoms with Crippen molar-refractivity contribution >= 4 is 21.8 Å². The fraction of sp³-hybridized carbons (Fsp3) is 0.333. The van der Waals surface area contributed by atoms with Gasteiger partial charge in [0, 0.05) is 18.7 Å². The molecule has 0 aliphatic carbocycles. The van der Waals surface area contributed by atoms with Crippen LogP contribution < -0.4 is 4.74 Å². The van der Waals surface area contributed by atoms with Crippen LogP contribution in [-0.4, -0.2) is 51.3 Å². The van der Waals surface area contributed by atoms with Crippen molar-refractivity contribution < 1.29 is 27.5 Å². The van der Waals surface area contributed by atoms with Gasteiger partial charge in [0.15, 0.2) is 12.4 Å². The van der Waals surface area contributed by atoms with Crippen LogP contribution in [0.2, 0.25) is 0 Å². The van der Waals surface area contributed by atoms with Crippen LogP contribution in [0.25, 0.3) is 0 Å². The zero-order chi connectivity index (χ0) is 21.6. The molecule has 2 aromatic rings. The normalized spacial score (nSPS) is 11.3. The molecular formula is C21H25NO6S. The van der Waals surface area contributed by atoms with Gasteiger partial charge in [0.05, 0.1) is 17.6 Å². The smallest absolute Gasteiger partial charge is 0.338 e. The van der Waals surface area contributed by atoms with E-state index in [0.717, 1.165) is 0 Å². The molecule has 0 heterocycles. The van der Waals surface area contributed by atoms with Gasteiger partial charge in [0.1, 0.15) is 5.75 Å². The third kappa shape index (κ3) is 5.21. The number of rotatable bonds is 9. The number of aryl methyl sites for hydroxylation is 1. The SMILES string of the molecule is CCN(CC)S(=O)(=O)c1cc(C(=O)OCC(=O)c2cccc(OC)c2)ccc1C. The zero-order valence-electron chi connectivity index (χ0n) is 17.0. The summed E-state index contributed by atoms with van der Waals surface area (Å²) in [5.74, 6) is -0.635. The number of Topliss-reactive ketones (excluding diaryl/α,β-unsaturated/α-hetero) is 1. The predicted molar refractivity (Wildman–Crippen MR) is 109 cm³/mol. The summed E-state index contributed by atoms with van der Waals surface area (Å²) in [6.45, 7) is 5.34. The maximum Gasteiger partial charge on any atom is 0.338 e. The molecule has 0 N–H and O–H groups in total. The molecule has 2 rings (SSSR count). The Morgan fingerprint density at radius 1 is 1.00 bits per heavy atom. The van der Waals surface area contributed by atoms with Gasteiger partial charge in [-0.05, 0) is 36.8 Å². The van der Waals surface area contributed by atoms with Crippen LogP contribution in [0.15, 0.2) is 47.4 Å². The highest BCUT2D eigenvalue weighted by Crippen LogP contribution is 2.22. The number of nitrogens with zero attached hydrogens (tertiary/aromatic N) is 1. The number of hydrogen-bond donors (Lipinski definition) is 0. The molecule has 0 radical (unpaired) electrons. The van der Waals surface area contributed by atoms with Gasteiger partial charge in [-0.25, -0.2) is 13.2 Å². The second-order valence-corrected chi connectivity index (χ2v) is 8.21. The Morgan fingerprint density at radius 3 is 2.31 bits per heavy atom. The monoisotopic (exact) mass is 419 g/mol. The summed E-state index contributed by atoms with van der Waals surface area (Å²) < 4.78 is 37.1. The van der Waals surface area contributed by atoms with Crippen molar-refractivity contribution in [1.82, 2.24) is 4.31 Å². The standard InChI is InChI=1S/C21H25NO6S/c1-5-22(6-2)29(25,26)20-13-17(11-10-15(20)3)21(24)28-14-19(23)16-8-7-9-18(12-16)27-4/h7-13H,5-6,14H2,1-4H3. The third-order valence-corrected chi connectivity index (χ3v) is 6.67. The number of ketones is 1. The molecule has 0 spiro atoms. The number of ether oxygens (including phenoxy) is 2. The Balaban J connectivity index is 2.18. The molecule has 0 amide bonds. The summed E-state index contributed by atoms with van der Waals surface area (Å²) in [5.41, 5.74) is 0.950. The van der Waals surface area contributed by atoms with Crippen molar-refractivity contribution in [3.63, 3.8) is 0 Å². The summed E-state index contributed by atoms with van der Waals surface area (Å²) in [7, 11) is -2.23. The molecule has 156 valence electrons. The van der Waals surface area contributed by atoms with Gasteiger partial charge in [0.2, 0.25) is 10.0 Å². The first-order valence-corrected chi connectivity index (χ1v) is 10.6. The number of carbonyl (C=O) groups is 2. The van der Waals surface area contributed by atoms with Crippen molar-refractivity contribution in [3.8, 4) is 5.75 Å². The maximum absolute atomic E-state index is 12.8. The summed E-state index contributed by atoms with van der Waals surface area (Å²) in [4.78, 5) is 24.7. The molecule has 2 aromatic carbocycles. The van der Waals surface area contributed by atoms with Gasteiger partial charge in [-0.3, -0.25) is 4.79 Å². The fourth-order valence-corrected chi connectivity index (χ4v) is 4.51. The minimum atomic E-state index is -3.73. The lowest BCUT2D eigenvalue weighted by atomic mass is 10.1. The quantitative estimate of drug-likeness (QED) is 0.458. The first-order valence-electron chi connectivity index (χ1n) is 9.19. The predicted octanol–water partition coefficient (Wildman–Crippen LogP) is 3.07. The van der Waals surface area contributed by atoms with Crippen LogP contribution in [-0.2, 0) is 14.8 Å². The minimum Gasteiger partial charge on any atom is -0.497 e. The van der Waals surface area contributed by atoms with Crippen LogP contribution in [0.5, 0.6) is 5.75 Å². The summed E-state index contributed by atoms with van der Waals surface area (Å²) in [6, 6.07) is 10.8. The van der Waals surface area contributed by atoms with Gasteiger partial charge in [-0.1, -0.05) is 32.0 Å². The van der Waals surface area contributed by atoms with Crippen LogP contribution in [0.3, 0.4) is 0 Å². The van der Waals surface area contributed by atoms with E-state index in [2.05, 4.69) is 0 Å². The maximum atomic E-state index is 12.8. The highest BCUT2D eigenvalue weighted by Gasteiger charge is 2.25. The van der Waals surface area contributed by atoms with E-state index in [0.29, 0.717) is 30.0 Å². The van der Waals surface area contributed by atoms with Crippen LogP contribution in [0, 0.1) is 6.92 Å². The topological polar surface area (TPSA) is 90.0 Å². The average molecular weight is 419 g/mol. The van der Waals surface area contributed by atoms with Crippen molar-refractivity contribution in [1.29, 1.82) is 0 Å². The number of methoxy groups -OCH3 is 1. The van der Waals surface area contributed by atoms with E-state index in [9.17, 15) is 18.0 Å². The fourth-order valence-electron chi connectivity index (χ4n) is 2.80. The Labute approximate surface area is 171 Å². The molecule has 29 heavy (non-hydrogen) atoms. The number of hydrogen-bond acceptors (Lipinski definition) is 6. The molecule has 0 saturated carbocycles. The average Bonchev–Trinajstić information content (AvgIpc) is 2.72. The Bertz CT molecular complexity index is 996. The number of esters is 1. The van der Waals surface area contributed by atoms with Gasteiger partial charge in [-0.15, -0.1) is 0 Å². The van der Waals surface area contributed by atoms with E-state index in [4.69, 9.17) is 9.47 Å². The zero-order valence-corrected chi connectivity index (χ0v) is 17.8. The van der Waals surface area contributed by atoms with E-state index >= 15 is 0 Å². The minimum absolute atomic E-state index is 0.0507. The Hall–Kier alpha value is -2.71. The van der Waals surface area contributed by atoms with Crippen LogP contribution in [0.1, 0.15) is 40.1 Å². The summed E-state index contributed by atoms with van der Waals surface area (Å²) in [5, 5.41) is 0. The highest BCUT2D eigenvalue weighted by molar-refractivity contribution is 7.89. The lowest BCUT2D eigenvalue weighted by molar-refractivity contribution is 0.0474. The molecule has 0 aliphatic rings. The Kier molecular flexibility index (Phi) is 7.53. The van der Waals surface area contributed by atoms with E-state index < -0.39 is 22.6 Å². The molecule has 0 unspecified atom stereocenters. The van der Waals surface area contributed by atoms with Gasteiger partial charge >= 0.3 is 5.97 Å². The highest BCUT2D eigenvalue weighted by atomic mass is 32.2. The van der Waals surface area contributed by atoms with Crippen LogP contribution >= 0.6 is 0 Å². The van der Waals surface area contributed by atoms with Gasteiger partial charge < -0.3 is 9.47 Å². The Morgan fingerprint density at radius 2 is 1.69 bits per heavy atom. The lowest BCUT2D eigenvalue weighted by Crippen LogP contribution is -2.31. The van der Waals surface area contributed by atoms with Crippen LogP contribution in [0.4, 0.5) is 0 Å². The van der Waals surface area contributed by atoms with Crippen molar-refractivity contribution in [2.24, 2.45) is 0 Å². The molecule has 7 nitrogen and oxygen atoms in total. The molecule has 0 bridgehead atoms. The van der Waals surface area contributed by atoms with Gasteiger partial charge in [0.25, 0.3) is 0 Å². The van der Waals surface area contributed by atoms with Crippen molar-refractivity contribution in [2.75, 3.05) is 26.8 Å². The molecule has 0 saturated heterocycles. The largest absolute Gasteiger partial charge is 0.497 e. The second-order valence-electron chi connectivity index (χ2n) is 6.30. The summed E-state index contributed by atoms with van der Waals surface area (Å²) >= 11 is 0. The molecule has 8 heteroatoms. The first kappa shape index (κ1) is 22.6. The van der Waals surface area contributed by atoms with E-state index in [1.54, 1.807) is 51.1 Å². The number of carbonyl (C=O) groups excluding carboxylic acids is 2. The van der Waals surface area contributed by atoms with E-state index in [1.807, 2.05) is 0 Å². The molecule has 0 aromatic heterocycles. The second kappa shape index (κ2) is 9.67. The van der Waals surface area contributed by atoms with E-state index in [-0.39, 0.29) is 16.2 Å². The molecule has 0 atom stereocenters. The number of benzene rings is 2. The van der Waals surface area contributed by atoms with E-state index in [1.165, 1.54) is 23.5 Å². The lowest BCUT2D eigenvalue weighted by Gasteiger charge is -2.20.